The number of ether oxygens (including phenoxy) is 3. The van der Waals surface area contributed by atoms with Gasteiger partial charge in [0.2, 0.25) is 0 Å². The molecular formula is C16H22O4. The van der Waals surface area contributed by atoms with Crippen molar-refractivity contribution in [3.8, 4) is 11.5 Å². The molecule has 1 aromatic carbocycles. The molecule has 0 aliphatic rings. The molecule has 0 fully saturated rings. The molecule has 0 radical (unpaired) electrons. The van der Waals surface area contributed by atoms with Crippen LogP contribution in [0, 0.1) is 0 Å². The Hall–Kier alpha value is -1.97. The van der Waals surface area contributed by atoms with Crippen molar-refractivity contribution in [2.45, 2.75) is 27.2 Å². The van der Waals surface area contributed by atoms with Gasteiger partial charge in [-0.3, -0.25) is 0 Å². The van der Waals surface area contributed by atoms with E-state index in [2.05, 4.69) is 0 Å². The average Bonchev–Trinajstić information content (AvgIpc) is 2.45. The molecule has 0 aliphatic carbocycles. The number of hydrogen-bond donors (Lipinski definition) is 0. The molecule has 110 valence electrons. The van der Waals surface area contributed by atoms with Gasteiger partial charge in [-0.1, -0.05) is 13.0 Å². The molecule has 1 rings (SSSR count). The van der Waals surface area contributed by atoms with Gasteiger partial charge in [0.15, 0.2) is 11.5 Å². The molecule has 20 heavy (non-hydrogen) atoms. The molecule has 4 nitrogen and oxygen atoms in total. The quantitative estimate of drug-likeness (QED) is 0.566. The number of carbonyl (C=O) groups excluding carboxylic acids is 1. The van der Waals surface area contributed by atoms with E-state index < -0.39 is 0 Å². The van der Waals surface area contributed by atoms with E-state index in [4.69, 9.17) is 14.2 Å². The summed E-state index contributed by atoms with van der Waals surface area (Å²) < 4.78 is 15.8. The van der Waals surface area contributed by atoms with Gasteiger partial charge in [0.05, 0.1) is 20.3 Å². The van der Waals surface area contributed by atoms with Gasteiger partial charge in [-0.2, -0.15) is 0 Å². The predicted octanol–water partition coefficient (Wildman–Crippen LogP) is 3.45. The molecule has 0 aromatic heterocycles. The summed E-state index contributed by atoms with van der Waals surface area (Å²) in [5, 5.41) is 0. The van der Waals surface area contributed by atoms with Crippen LogP contribution < -0.4 is 9.47 Å². The van der Waals surface area contributed by atoms with E-state index in [1.165, 1.54) is 0 Å². The fraction of sp³-hybridized carbons (Fsp3) is 0.438. The minimum absolute atomic E-state index is 0.306. The Balaban J connectivity index is 2.95. The van der Waals surface area contributed by atoms with E-state index in [-0.39, 0.29) is 5.97 Å². The molecule has 0 spiro atoms. The zero-order valence-corrected chi connectivity index (χ0v) is 12.6. The number of rotatable bonds is 7. The van der Waals surface area contributed by atoms with Gasteiger partial charge in [-0.05, 0) is 44.0 Å². The lowest BCUT2D eigenvalue weighted by molar-refractivity contribution is -0.138. The highest BCUT2D eigenvalue weighted by atomic mass is 16.5. The molecule has 0 atom stereocenters. The molecule has 1 aromatic rings. The Morgan fingerprint density at radius 1 is 1.25 bits per heavy atom. The van der Waals surface area contributed by atoms with Crippen LogP contribution in [0.3, 0.4) is 0 Å². The first kappa shape index (κ1) is 16.1. The SMILES string of the molecule is CCCOc1cc(/C=C(/C)C(=O)OCC)ccc1OC. The third-order valence-electron chi connectivity index (χ3n) is 2.63. The van der Waals surface area contributed by atoms with Crippen LogP contribution in [0.25, 0.3) is 6.08 Å². The van der Waals surface area contributed by atoms with Crippen molar-refractivity contribution >= 4 is 12.0 Å². The molecule has 0 unspecified atom stereocenters. The van der Waals surface area contributed by atoms with Crippen molar-refractivity contribution in [2.24, 2.45) is 0 Å². The van der Waals surface area contributed by atoms with Crippen LogP contribution in [0.1, 0.15) is 32.8 Å². The summed E-state index contributed by atoms with van der Waals surface area (Å²) in [6.45, 7) is 6.56. The van der Waals surface area contributed by atoms with E-state index in [9.17, 15) is 4.79 Å². The summed E-state index contributed by atoms with van der Waals surface area (Å²) in [4.78, 5) is 11.6. The molecule has 0 saturated carbocycles. The maximum atomic E-state index is 11.6. The number of esters is 1. The predicted molar refractivity (Wildman–Crippen MR) is 79.1 cm³/mol. The minimum atomic E-state index is -0.306. The third-order valence-corrected chi connectivity index (χ3v) is 2.63. The Morgan fingerprint density at radius 2 is 2.00 bits per heavy atom. The molecule has 0 amide bonds. The summed E-state index contributed by atoms with van der Waals surface area (Å²) in [6.07, 6.45) is 2.70. The molecule has 0 heterocycles. The molecule has 0 aliphatic heterocycles. The smallest absolute Gasteiger partial charge is 0.333 e. The maximum absolute atomic E-state index is 11.6. The van der Waals surface area contributed by atoms with Crippen molar-refractivity contribution in [2.75, 3.05) is 20.3 Å². The minimum Gasteiger partial charge on any atom is -0.493 e. The highest BCUT2D eigenvalue weighted by Gasteiger charge is 2.07. The number of carbonyl (C=O) groups is 1. The summed E-state index contributed by atoms with van der Waals surface area (Å²) >= 11 is 0. The summed E-state index contributed by atoms with van der Waals surface area (Å²) in [5.74, 6) is 1.06. The molecule has 0 N–H and O–H groups in total. The summed E-state index contributed by atoms with van der Waals surface area (Å²) in [7, 11) is 1.60. The standard InChI is InChI=1S/C16H22O4/c1-5-9-20-15-11-13(7-8-14(15)18-4)10-12(3)16(17)19-6-2/h7-8,10-11H,5-6,9H2,1-4H3/b12-10-. The first-order valence-corrected chi connectivity index (χ1v) is 6.78. The second-order valence-corrected chi connectivity index (χ2v) is 4.31. The van der Waals surface area contributed by atoms with E-state index in [1.807, 2.05) is 25.1 Å². The zero-order valence-electron chi connectivity index (χ0n) is 12.6. The fourth-order valence-electron chi connectivity index (χ4n) is 1.66. The number of hydrogen-bond acceptors (Lipinski definition) is 4. The molecule has 0 bridgehead atoms. The van der Waals surface area contributed by atoms with Gasteiger partial charge in [0, 0.05) is 5.57 Å². The van der Waals surface area contributed by atoms with Crippen LogP contribution in [0.15, 0.2) is 23.8 Å². The number of methoxy groups -OCH3 is 1. The van der Waals surface area contributed by atoms with Crippen molar-refractivity contribution in [3.63, 3.8) is 0 Å². The Kier molecular flexibility index (Phi) is 6.64. The number of benzene rings is 1. The first-order chi connectivity index (χ1) is 9.62. The normalized spacial score (nSPS) is 11.1. The van der Waals surface area contributed by atoms with Crippen molar-refractivity contribution < 1.29 is 19.0 Å². The zero-order chi connectivity index (χ0) is 15.0. The lowest BCUT2D eigenvalue weighted by Crippen LogP contribution is -2.04. The van der Waals surface area contributed by atoms with Gasteiger partial charge >= 0.3 is 5.97 Å². The molecule has 4 heteroatoms. The molecule has 0 saturated heterocycles. The van der Waals surface area contributed by atoms with Crippen LogP contribution in [0.4, 0.5) is 0 Å². The van der Waals surface area contributed by atoms with Crippen molar-refractivity contribution in [3.05, 3.63) is 29.3 Å². The third kappa shape index (κ3) is 4.61. The van der Waals surface area contributed by atoms with E-state index >= 15 is 0 Å². The van der Waals surface area contributed by atoms with Crippen molar-refractivity contribution in [1.29, 1.82) is 0 Å². The maximum Gasteiger partial charge on any atom is 0.333 e. The largest absolute Gasteiger partial charge is 0.493 e. The van der Waals surface area contributed by atoms with Gasteiger partial charge < -0.3 is 14.2 Å². The Morgan fingerprint density at radius 3 is 2.60 bits per heavy atom. The van der Waals surface area contributed by atoms with Gasteiger partial charge in [-0.25, -0.2) is 4.79 Å². The second kappa shape index (κ2) is 8.25. The second-order valence-electron chi connectivity index (χ2n) is 4.31. The van der Waals surface area contributed by atoms with Crippen LogP contribution >= 0.6 is 0 Å². The lowest BCUT2D eigenvalue weighted by atomic mass is 10.1. The summed E-state index contributed by atoms with van der Waals surface area (Å²) in [5.41, 5.74) is 1.43. The topological polar surface area (TPSA) is 44.8 Å². The highest BCUT2D eigenvalue weighted by Crippen LogP contribution is 2.29. The Labute approximate surface area is 120 Å². The van der Waals surface area contributed by atoms with Crippen LogP contribution in [-0.2, 0) is 9.53 Å². The van der Waals surface area contributed by atoms with E-state index in [0.717, 1.165) is 12.0 Å². The van der Waals surface area contributed by atoms with Gasteiger partial charge in [0.1, 0.15) is 0 Å². The van der Waals surface area contributed by atoms with Crippen LogP contribution in [0.5, 0.6) is 11.5 Å². The monoisotopic (exact) mass is 278 g/mol. The van der Waals surface area contributed by atoms with Crippen molar-refractivity contribution in [1.82, 2.24) is 0 Å². The fourth-order valence-corrected chi connectivity index (χ4v) is 1.66. The highest BCUT2D eigenvalue weighted by molar-refractivity contribution is 5.93. The van der Waals surface area contributed by atoms with Gasteiger partial charge in [-0.15, -0.1) is 0 Å². The van der Waals surface area contributed by atoms with E-state index in [0.29, 0.717) is 30.3 Å². The van der Waals surface area contributed by atoms with E-state index in [1.54, 1.807) is 27.0 Å². The van der Waals surface area contributed by atoms with Gasteiger partial charge in [0.25, 0.3) is 0 Å². The Bertz CT molecular complexity index is 477. The van der Waals surface area contributed by atoms with Crippen LogP contribution in [0.2, 0.25) is 0 Å². The van der Waals surface area contributed by atoms with Crippen LogP contribution in [-0.4, -0.2) is 26.3 Å². The first-order valence-electron chi connectivity index (χ1n) is 6.78. The molecular weight excluding hydrogens is 256 g/mol. The average molecular weight is 278 g/mol. The summed E-state index contributed by atoms with van der Waals surface area (Å²) in [6, 6.07) is 5.56. The lowest BCUT2D eigenvalue weighted by Gasteiger charge is -2.11.